The molecule has 0 saturated carbocycles. The molecule has 1 atom stereocenters. The third-order valence-corrected chi connectivity index (χ3v) is 3.18. The van der Waals surface area contributed by atoms with Gasteiger partial charge in [-0.15, -0.1) is 11.3 Å². The van der Waals surface area contributed by atoms with Gasteiger partial charge in [0.2, 0.25) is 0 Å². The van der Waals surface area contributed by atoms with Gasteiger partial charge in [0.05, 0.1) is 19.5 Å². The highest BCUT2D eigenvalue weighted by Gasteiger charge is 2.15. The number of hydrogen-bond donors (Lipinski definition) is 1. The van der Waals surface area contributed by atoms with Crippen LogP contribution in [0.1, 0.15) is 16.7 Å². The number of aliphatic hydroxyl groups excluding tert-OH is 1. The van der Waals surface area contributed by atoms with Gasteiger partial charge in [-0.05, 0) is 6.07 Å². The van der Waals surface area contributed by atoms with Crippen LogP contribution in [0.2, 0.25) is 4.34 Å². The van der Waals surface area contributed by atoms with Crippen molar-refractivity contribution in [1.29, 1.82) is 0 Å². The molecule has 2 aromatic heterocycles. The average Bonchev–Trinajstić information content (AvgIpc) is 2.75. The molecule has 0 radical (unpaired) electrons. The number of thiazole rings is 1. The minimum Gasteiger partial charge on any atom is -0.495 e. The van der Waals surface area contributed by atoms with Gasteiger partial charge in [0.25, 0.3) is 0 Å². The molecule has 0 aliphatic heterocycles. The number of aromatic nitrogens is 2. The van der Waals surface area contributed by atoms with E-state index in [0.717, 1.165) is 0 Å². The third-order valence-electron chi connectivity index (χ3n) is 2.02. The summed E-state index contributed by atoms with van der Waals surface area (Å²) in [7, 11) is 1.55. The van der Waals surface area contributed by atoms with E-state index in [9.17, 15) is 5.11 Å². The number of ether oxygens (including phenoxy) is 1. The fourth-order valence-electron chi connectivity index (χ4n) is 1.23. The molecule has 0 amide bonds. The quantitative estimate of drug-likeness (QED) is 0.915. The van der Waals surface area contributed by atoms with E-state index >= 15 is 0 Å². The average molecular weight is 257 g/mol. The highest BCUT2D eigenvalue weighted by atomic mass is 35.5. The zero-order valence-electron chi connectivity index (χ0n) is 8.42. The molecule has 0 aliphatic rings. The van der Waals surface area contributed by atoms with Gasteiger partial charge in [-0.25, -0.2) is 4.98 Å². The van der Waals surface area contributed by atoms with Gasteiger partial charge in [-0.2, -0.15) is 0 Å². The predicted octanol–water partition coefficient (Wildman–Crippen LogP) is 2.28. The maximum atomic E-state index is 10.0. The van der Waals surface area contributed by atoms with Crippen molar-refractivity contribution in [3.8, 4) is 5.75 Å². The number of methoxy groups -OCH3 is 1. The van der Waals surface area contributed by atoms with Crippen LogP contribution in [0.5, 0.6) is 5.75 Å². The summed E-state index contributed by atoms with van der Waals surface area (Å²) in [6.45, 7) is 0. The number of halogens is 1. The lowest BCUT2D eigenvalue weighted by atomic mass is 10.2. The van der Waals surface area contributed by atoms with Crippen molar-refractivity contribution >= 4 is 22.9 Å². The van der Waals surface area contributed by atoms with Gasteiger partial charge < -0.3 is 9.84 Å². The van der Waals surface area contributed by atoms with Crippen LogP contribution in [0.3, 0.4) is 0 Å². The van der Waals surface area contributed by atoms with Crippen LogP contribution in [-0.4, -0.2) is 22.2 Å². The van der Waals surface area contributed by atoms with E-state index in [2.05, 4.69) is 9.97 Å². The number of aliphatic hydroxyl groups is 1. The summed E-state index contributed by atoms with van der Waals surface area (Å²) in [5, 5.41) is 10.6. The Morgan fingerprint density at radius 3 is 2.88 bits per heavy atom. The van der Waals surface area contributed by atoms with Gasteiger partial charge in [0.1, 0.15) is 21.2 Å². The second kappa shape index (κ2) is 4.78. The molecular formula is C10H9ClN2O2S. The molecule has 4 nitrogen and oxygen atoms in total. The van der Waals surface area contributed by atoms with E-state index in [1.165, 1.54) is 17.5 Å². The van der Waals surface area contributed by atoms with Gasteiger partial charge in [0.15, 0.2) is 0 Å². The van der Waals surface area contributed by atoms with Crippen LogP contribution in [0, 0.1) is 0 Å². The van der Waals surface area contributed by atoms with E-state index in [1.54, 1.807) is 25.6 Å². The fourth-order valence-corrected chi connectivity index (χ4v) is 2.18. The molecule has 2 rings (SSSR count). The van der Waals surface area contributed by atoms with E-state index in [0.29, 0.717) is 20.7 Å². The molecule has 0 saturated heterocycles. The molecule has 0 aromatic carbocycles. The smallest absolute Gasteiger partial charge is 0.137 e. The lowest BCUT2D eigenvalue weighted by molar-refractivity contribution is 0.218. The molecule has 84 valence electrons. The minimum atomic E-state index is -0.819. The van der Waals surface area contributed by atoms with Crippen LogP contribution in [-0.2, 0) is 0 Å². The Balaban J connectivity index is 2.29. The molecule has 0 aliphatic carbocycles. The molecular weight excluding hydrogens is 248 g/mol. The Morgan fingerprint density at radius 2 is 2.25 bits per heavy atom. The summed E-state index contributed by atoms with van der Waals surface area (Å²) in [6, 6.07) is 1.72. The van der Waals surface area contributed by atoms with Crippen molar-refractivity contribution in [3.05, 3.63) is 39.6 Å². The second-order valence-electron chi connectivity index (χ2n) is 3.06. The topological polar surface area (TPSA) is 55.2 Å². The summed E-state index contributed by atoms with van der Waals surface area (Å²) >= 11 is 6.99. The number of pyridine rings is 1. The summed E-state index contributed by atoms with van der Waals surface area (Å²) < 4.78 is 5.58. The SMILES string of the molecule is COc1cncc(C(O)c2ncc(Cl)s2)c1. The summed E-state index contributed by atoms with van der Waals surface area (Å²) in [6.07, 6.45) is 3.84. The van der Waals surface area contributed by atoms with E-state index < -0.39 is 6.10 Å². The normalized spacial score (nSPS) is 12.4. The molecule has 0 spiro atoms. The highest BCUT2D eigenvalue weighted by molar-refractivity contribution is 7.15. The molecule has 0 fully saturated rings. The fraction of sp³-hybridized carbons (Fsp3) is 0.200. The third kappa shape index (κ3) is 2.32. The van der Waals surface area contributed by atoms with Gasteiger partial charge in [-0.3, -0.25) is 4.98 Å². The van der Waals surface area contributed by atoms with Crippen LogP contribution in [0.4, 0.5) is 0 Å². The summed E-state index contributed by atoms with van der Waals surface area (Å²) in [4.78, 5) is 7.98. The standard InChI is InChI=1S/C10H9ClN2O2S/c1-15-7-2-6(3-12-4-7)9(14)10-13-5-8(11)16-10/h2-5,9,14H,1H3. The number of hydrogen-bond acceptors (Lipinski definition) is 5. The molecule has 2 heterocycles. The zero-order chi connectivity index (χ0) is 11.5. The minimum absolute atomic E-state index is 0.542. The monoisotopic (exact) mass is 256 g/mol. The second-order valence-corrected chi connectivity index (χ2v) is 4.76. The van der Waals surface area contributed by atoms with E-state index in [-0.39, 0.29) is 0 Å². The molecule has 16 heavy (non-hydrogen) atoms. The van der Waals surface area contributed by atoms with Crippen molar-refractivity contribution in [2.45, 2.75) is 6.10 Å². The lowest BCUT2D eigenvalue weighted by Crippen LogP contribution is -2.00. The highest BCUT2D eigenvalue weighted by Crippen LogP contribution is 2.29. The first-order valence-electron chi connectivity index (χ1n) is 4.49. The first-order chi connectivity index (χ1) is 7.70. The van der Waals surface area contributed by atoms with Crippen LogP contribution in [0.15, 0.2) is 24.7 Å². The Hall–Kier alpha value is -1.17. The maximum absolute atomic E-state index is 10.0. The van der Waals surface area contributed by atoms with Crippen molar-refractivity contribution in [2.75, 3.05) is 7.11 Å². The predicted molar refractivity (Wildman–Crippen MR) is 62.0 cm³/mol. The first-order valence-corrected chi connectivity index (χ1v) is 5.68. The molecule has 1 unspecified atom stereocenters. The van der Waals surface area contributed by atoms with E-state index in [1.807, 2.05) is 0 Å². The van der Waals surface area contributed by atoms with Crippen molar-refractivity contribution in [2.24, 2.45) is 0 Å². The van der Waals surface area contributed by atoms with Gasteiger partial charge >= 0.3 is 0 Å². The maximum Gasteiger partial charge on any atom is 0.137 e. The van der Waals surface area contributed by atoms with Crippen molar-refractivity contribution < 1.29 is 9.84 Å². The lowest BCUT2D eigenvalue weighted by Gasteiger charge is -2.08. The summed E-state index contributed by atoms with van der Waals surface area (Å²) in [5.74, 6) is 0.596. The molecule has 1 N–H and O–H groups in total. The van der Waals surface area contributed by atoms with Gasteiger partial charge in [0, 0.05) is 11.8 Å². The number of nitrogens with zero attached hydrogens (tertiary/aromatic N) is 2. The van der Waals surface area contributed by atoms with Crippen LogP contribution < -0.4 is 4.74 Å². The molecule has 6 heteroatoms. The number of rotatable bonds is 3. The Morgan fingerprint density at radius 1 is 1.44 bits per heavy atom. The Bertz CT molecular complexity index is 489. The van der Waals surface area contributed by atoms with Crippen LogP contribution in [0.25, 0.3) is 0 Å². The van der Waals surface area contributed by atoms with Gasteiger partial charge in [-0.1, -0.05) is 11.6 Å². The van der Waals surface area contributed by atoms with Crippen molar-refractivity contribution in [3.63, 3.8) is 0 Å². The largest absolute Gasteiger partial charge is 0.495 e. The molecule has 2 aromatic rings. The first kappa shape index (κ1) is 11.3. The molecule has 0 bridgehead atoms. The summed E-state index contributed by atoms with van der Waals surface area (Å²) in [5.41, 5.74) is 0.630. The Labute approximate surface area is 102 Å². The van der Waals surface area contributed by atoms with E-state index in [4.69, 9.17) is 16.3 Å². The zero-order valence-corrected chi connectivity index (χ0v) is 10.00. The Kier molecular flexibility index (Phi) is 3.38. The van der Waals surface area contributed by atoms with Crippen molar-refractivity contribution in [1.82, 2.24) is 9.97 Å². The van der Waals surface area contributed by atoms with Crippen LogP contribution >= 0.6 is 22.9 Å².